The summed E-state index contributed by atoms with van der Waals surface area (Å²) in [5, 5.41) is 16.9. The molecule has 0 bridgehead atoms. The second-order valence-corrected chi connectivity index (χ2v) is 8.66. The van der Waals surface area contributed by atoms with Gasteiger partial charge in [-0.1, -0.05) is 24.3 Å². The van der Waals surface area contributed by atoms with Gasteiger partial charge >= 0.3 is 35.5 Å². The van der Waals surface area contributed by atoms with Crippen LogP contribution in [0.4, 0.5) is 5.69 Å². The zero-order valence-corrected chi connectivity index (χ0v) is 16.8. The van der Waals surface area contributed by atoms with Gasteiger partial charge < -0.3 is 15.7 Å². The summed E-state index contributed by atoms with van der Waals surface area (Å²) in [5.74, 6) is -1.03. The van der Waals surface area contributed by atoms with E-state index in [2.05, 4.69) is 15.6 Å². The molecule has 2 aliphatic heterocycles. The number of para-hydroxylation sites is 1. The first-order chi connectivity index (χ1) is 14.0. The predicted molar refractivity (Wildman–Crippen MR) is 119 cm³/mol. The molecule has 4 rings (SSSR count). The van der Waals surface area contributed by atoms with E-state index in [-0.39, 0.29) is 41.9 Å². The molecule has 0 spiro atoms. The number of thioether (sulfide) groups is 1. The molecule has 1 saturated heterocycles. The molecule has 3 heterocycles. The Hall–Kier alpha value is -1.85. The van der Waals surface area contributed by atoms with Crippen LogP contribution in [0, 0.1) is 0 Å². The first kappa shape index (κ1) is 22.8. The summed E-state index contributed by atoms with van der Waals surface area (Å²) in [5.41, 5.74) is 0.785. The Balaban J connectivity index is 0.00000256. The van der Waals surface area contributed by atoms with Gasteiger partial charge in [-0.25, -0.2) is 9.79 Å². The van der Waals surface area contributed by atoms with Crippen molar-refractivity contribution in [2.45, 2.75) is 24.0 Å². The van der Waals surface area contributed by atoms with E-state index in [1.807, 2.05) is 47.8 Å². The van der Waals surface area contributed by atoms with Gasteiger partial charge in [-0.15, -0.1) is 23.1 Å². The summed E-state index contributed by atoms with van der Waals surface area (Å²) >= 11 is 2.85. The van der Waals surface area contributed by atoms with E-state index >= 15 is 0 Å². The molecule has 2 amide bonds. The molecule has 11 heteroatoms. The predicted octanol–water partition coefficient (Wildman–Crippen LogP) is 0.963. The molecule has 0 saturated carbocycles. The number of anilines is 1. The van der Waals surface area contributed by atoms with Crippen molar-refractivity contribution in [2.24, 2.45) is 4.99 Å². The molecule has 3 N–H and O–H groups in total. The van der Waals surface area contributed by atoms with E-state index < -0.39 is 29.5 Å². The number of carboxylic acids is 1. The number of aliphatic imine (C=N–C) groups is 1. The van der Waals surface area contributed by atoms with Crippen LogP contribution in [0.25, 0.3) is 0 Å². The monoisotopic (exact) mass is 454 g/mol. The SMILES string of the molecule is O=C(Cc1cccs1)NC1C(=O)N2C1SCC(Nc1ccccc1)=N[C@H]2C(=O)O.[NaH]. The molecule has 0 radical (unpaired) electrons. The minimum atomic E-state index is -1.32. The number of benzene rings is 1. The Labute approximate surface area is 203 Å². The average molecular weight is 455 g/mol. The summed E-state index contributed by atoms with van der Waals surface area (Å²) in [4.78, 5) is 43.1. The number of amidine groups is 1. The van der Waals surface area contributed by atoms with Crippen molar-refractivity contribution in [3.63, 3.8) is 0 Å². The Morgan fingerprint density at radius 3 is 2.63 bits per heavy atom. The standard InChI is InChI=1S/C19H18N4O4S2.Na.H/c24-14(9-12-7-4-8-28-12)22-15-17(25)23-16(19(26)27)21-13(10-29-18(15)23)20-11-5-2-1-3-6-11;;/h1-8,15-16,18H,9-10H2,(H,20,21)(H,22,24)(H,26,27);;/t15?,16-,18?;;/m1../s1. The van der Waals surface area contributed by atoms with Gasteiger partial charge in [-0.3, -0.25) is 14.5 Å². The van der Waals surface area contributed by atoms with E-state index in [1.165, 1.54) is 28.0 Å². The third-order valence-corrected chi connectivity index (χ3v) is 6.68. The number of carboxylic acid groups (broad SMARTS) is 1. The number of carbonyl (C=O) groups is 3. The van der Waals surface area contributed by atoms with Gasteiger partial charge in [0.25, 0.3) is 5.91 Å². The molecule has 0 aliphatic carbocycles. The summed E-state index contributed by atoms with van der Waals surface area (Å²) < 4.78 is 0. The maximum atomic E-state index is 12.6. The Bertz CT molecular complexity index is 955. The van der Waals surface area contributed by atoms with Gasteiger partial charge in [0.2, 0.25) is 12.1 Å². The number of fused-ring (bicyclic) bond motifs is 1. The van der Waals surface area contributed by atoms with Gasteiger partial charge in [-0.2, -0.15) is 0 Å². The van der Waals surface area contributed by atoms with Crippen LogP contribution in [0.3, 0.4) is 0 Å². The second-order valence-electron chi connectivity index (χ2n) is 6.53. The number of nitrogens with zero attached hydrogens (tertiary/aromatic N) is 2. The number of aliphatic carboxylic acids is 1. The quantitative estimate of drug-likeness (QED) is 0.459. The summed E-state index contributed by atoms with van der Waals surface area (Å²) in [6.07, 6.45) is -1.13. The zero-order valence-electron chi connectivity index (χ0n) is 15.1. The van der Waals surface area contributed by atoms with Gasteiger partial charge in [0.1, 0.15) is 17.3 Å². The summed E-state index contributed by atoms with van der Waals surface area (Å²) in [6.45, 7) is 0. The first-order valence-corrected chi connectivity index (χ1v) is 10.8. The zero-order chi connectivity index (χ0) is 20.4. The number of hydrogen-bond donors (Lipinski definition) is 3. The number of hydrogen-bond acceptors (Lipinski definition) is 7. The Morgan fingerprint density at radius 2 is 1.97 bits per heavy atom. The van der Waals surface area contributed by atoms with Crippen molar-refractivity contribution in [3.8, 4) is 0 Å². The van der Waals surface area contributed by atoms with Crippen molar-refractivity contribution in [1.82, 2.24) is 10.2 Å². The first-order valence-electron chi connectivity index (χ1n) is 8.90. The van der Waals surface area contributed by atoms with Crippen LogP contribution in [0.2, 0.25) is 0 Å². The molecular formula is C19H19N4NaO4S2. The van der Waals surface area contributed by atoms with Gasteiger partial charge in [-0.05, 0) is 23.6 Å². The molecule has 2 unspecified atom stereocenters. The molecule has 8 nitrogen and oxygen atoms in total. The molecule has 3 atom stereocenters. The van der Waals surface area contributed by atoms with Crippen molar-refractivity contribution >= 4 is 82.0 Å². The van der Waals surface area contributed by atoms with Gasteiger partial charge in [0.05, 0.1) is 12.2 Å². The Kier molecular flexibility index (Phi) is 7.59. The van der Waals surface area contributed by atoms with Crippen LogP contribution in [-0.2, 0) is 20.8 Å². The minimum absolute atomic E-state index is 0. The van der Waals surface area contributed by atoms with Crippen LogP contribution in [0.1, 0.15) is 4.88 Å². The normalized spacial score (nSPS) is 22.5. The van der Waals surface area contributed by atoms with Crippen molar-refractivity contribution in [1.29, 1.82) is 0 Å². The fourth-order valence-corrected chi connectivity index (χ4v) is 5.13. The van der Waals surface area contributed by atoms with E-state index in [0.29, 0.717) is 11.6 Å². The average Bonchev–Trinajstić information content (AvgIpc) is 3.14. The third kappa shape index (κ3) is 4.89. The summed E-state index contributed by atoms with van der Waals surface area (Å²) in [6, 6.07) is 12.3. The van der Waals surface area contributed by atoms with E-state index in [4.69, 9.17) is 0 Å². The van der Waals surface area contributed by atoms with Gasteiger partial charge in [0.15, 0.2) is 0 Å². The number of rotatable bonds is 5. The van der Waals surface area contributed by atoms with E-state index in [1.54, 1.807) is 0 Å². The molecule has 152 valence electrons. The molecule has 2 aliphatic rings. The van der Waals surface area contributed by atoms with Crippen LogP contribution in [0.15, 0.2) is 52.8 Å². The Morgan fingerprint density at radius 1 is 1.20 bits per heavy atom. The fraction of sp³-hybridized carbons (Fsp3) is 0.263. The van der Waals surface area contributed by atoms with Crippen LogP contribution in [0.5, 0.6) is 0 Å². The van der Waals surface area contributed by atoms with Crippen LogP contribution < -0.4 is 10.6 Å². The van der Waals surface area contributed by atoms with Crippen LogP contribution >= 0.6 is 23.1 Å². The topological polar surface area (TPSA) is 111 Å². The van der Waals surface area contributed by atoms with Crippen molar-refractivity contribution in [3.05, 3.63) is 52.7 Å². The molecule has 30 heavy (non-hydrogen) atoms. The van der Waals surface area contributed by atoms with Crippen LogP contribution in [-0.4, -0.2) is 86.5 Å². The number of nitrogens with one attached hydrogen (secondary N) is 2. The van der Waals surface area contributed by atoms with Crippen molar-refractivity contribution in [2.75, 3.05) is 11.1 Å². The molecule has 1 fully saturated rings. The molecular weight excluding hydrogens is 435 g/mol. The third-order valence-electron chi connectivity index (χ3n) is 4.53. The van der Waals surface area contributed by atoms with E-state index in [0.717, 1.165) is 10.6 Å². The maximum absolute atomic E-state index is 12.6. The molecule has 1 aromatic carbocycles. The molecule has 2 aromatic rings. The number of thiophene rings is 1. The second kappa shape index (κ2) is 9.97. The number of β-lactam (4-membered cyclic amide) rings is 1. The van der Waals surface area contributed by atoms with E-state index in [9.17, 15) is 19.5 Å². The fourth-order valence-electron chi connectivity index (χ4n) is 3.19. The molecule has 1 aromatic heterocycles. The summed E-state index contributed by atoms with van der Waals surface area (Å²) in [7, 11) is 0. The number of amides is 2. The number of carbonyl (C=O) groups excluding carboxylic acids is 2. The van der Waals surface area contributed by atoms with Crippen molar-refractivity contribution < 1.29 is 19.5 Å². The van der Waals surface area contributed by atoms with Gasteiger partial charge in [0, 0.05) is 10.6 Å².